The molecule has 1 fully saturated rings. The molecule has 1 rings (SSSR count). The van der Waals surface area contributed by atoms with Gasteiger partial charge in [0.1, 0.15) is 0 Å². The largest absolute Gasteiger partial charge is 0.396 e. The van der Waals surface area contributed by atoms with Gasteiger partial charge < -0.3 is 15.3 Å². The molecule has 0 aromatic rings. The fraction of sp³-hybridized carbons (Fsp3) is 0.900. The minimum Gasteiger partial charge on any atom is -0.396 e. The molecule has 1 heterocycles. The number of nitrogens with one attached hydrogen (secondary N) is 1. The van der Waals surface area contributed by atoms with Gasteiger partial charge >= 0.3 is 0 Å². The van der Waals surface area contributed by atoms with Crippen molar-refractivity contribution in [2.45, 2.75) is 18.6 Å². The summed E-state index contributed by atoms with van der Waals surface area (Å²) in [5.41, 5.74) is 0. The molecule has 0 radical (unpaired) electrons. The first-order valence-corrected chi connectivity index (χ1v) is 6.50. The maximum absolute atomic E-state index is 11.7. The number of nitrogens with zero attached hydrogens (tertiary/aromatic N) is 1. The fourth-order valence-electron chi connectivity index (χ4n) is 1.48. The maximum atomic E-state index is 11.7. The molecule has 1 saturated heterocycles. The SMILES string of the molecule is CC(CCO)SCC(=O)N1CCNCC1. The molecule has 0 bridgehead atoms. The van der Waals surface area contributed by atoms with Crippen LogP contribution in [0.15, 0.2) is 0 Å². The lowest BCUT2D eigenvalue weighted by atomic mass is 10.3. The number of aliphatic hydroxyl groups excluding tert-OH is 1. The first kappa shape index (κ1) is 12.8. The highest BCUT2D eigenvalue weighted by Crippen LogP contribution is 2.14. The van der Waals surface area contributed by atoms with Crippen molar-refractivity contribution in [2.24, 2.45) is 0 Å². The predicted molar refractivity (Wildman–Crippen MR) is 63.1 cm³/mol. The van der Waals surface area contributed by atoms with E-state index in [1.165, 1.54) is 0 Å². The number of rotatable bonds is 5. The molecule has 1 atom stereocenters. The van der Waals surface area contributed by atoms with Crippen molar-refractivity contribution in [2.75, 3.05) is 38.5 Å². The number of amides is 1. The van der Waals surface area contributed by atoms with Crippen LogP contribution in [0.2, 0.25) is 0 Å². The number of thioether (sulfide) groups is 1. The fourth-order valence-corrected chi connectivity index (χ4v) is 2.37. The summed E-state index contributed by atoms with van der Waals surface area (Å²) in [5, 5.41) is 12.3. The molecule has 15 heavy (non-hydrogen) atoms. The summed E-state index contributed by atoms with van der Waals surface area (Å²) >= 11 is 1.63. The van der Waals surface area contributed by atoms with Gasteiger partial charge in [-0.3, -0.25) is 4.79 Å². The zero-order valence-electron chi connectivity index (χ0n) is 9.24. The molecule has 0 aliphatic carbocycles. The topological polar surface area (TPSA) is 52.6 Å². The quantitative estimate of drug-likeness (QED) is 0.696. The van der Waals surface area contributed by atoms with Gasteiger partial charge in [-0.15, -0.1) is 11.8 Å². The van der Waals surface area contributed by atoms with Gasteiger partial charge in [0, 0.05) is 38.0 Å². The Bertz CT molecular complexity index is 196. The van der Waals surface area contributed by atoms with Gasteiger partial charge in [0.15, 0.2) is 0 Å². The first-order valence-electron chi connectivity index (χ1n) is 5.45. The van der Waals surface area contributed by atoms with Crippen molar-refractivity contribution >= 4 is 17.7 Å². The van der Waals surface area contributed by atoms with Gasteiger partial charge in [-0.2, -0.15) is 0 Å². The summed E-state index contributed by atoms with van der Waals surface area (Å²) in [5.74, 6) is 0.771. The van der Waals surface area contributed by atoms with Crippen LogP contribution in [-0.2, 0) is 4.79 Å². The van der Waals surface area contributed by atoms with Gasteiger partial charge in [-0.05, 0) is 6.42 Å². The molecule has 5 heteroatoms. The highest BCUT2D eigenvalue weighted by atomic mass is 32.2. The highest BCUT2D eigenvalue weighted by molar-refractivity contribution is 8.00. The molecular formula is C10H20N2O2S. The molecule has 4 nitrogen and oxygen atoms in total. The zero-order valence-corrected chi connectivity index (χ0v) is 10.1. The lowest BCUT2D eigenvalue weighted by Crippen LogP contribution is -2.47. The van der Waals surface area contributed by atoms with Gasteiger partial charge in [-0.25, -0.2) is 0 Å². The van der Waals surface area contributed by atoms with E-state index in [0.29, 0.717) is 11.0 Å². The number of hydrogen-bond acceptors (Lipinski definition) is 4. The molecule has 1 aliphatic rings. The Labute approximate surface area is 95.4 Å². The van der Waals surface area contributed by atoms with Gasteiger partial charge in [-0.1, -0.05) is 6.92 Å². The van der Waals surface area contributed by atoms with Crippen LogP contribution in [0.25, 0.3) is 0 Å². The molecule has 1 aliphatic heterocycles. The second-order valence-corrected chi connectivity index (χ2v) is 5.19. The summed E-state index contributed by atoms with van der Waals surface area (Å²) in [7, 11) is 0. The zero-order chi connectivity index (χ0) is 11.1. The summed E-state index contributed by atoms with van der Waals surface area (Å²) in [6.45, 7) is 5.72. The summed E-state index contributed by atoms with van der Waals surface area (Å²) < 4.78 is 0. The molecule has 0 aromatic heterocycles. The molecule has 1 amide bonds. The average Bonchev–Trinajstić information content (AvgIpc) is 2.27. The Morgan fingerprint density at radius 2 is 2.20 bits per heavy atom. The van der Waals surface area contributed by atoms with Crippen LogP contribution in [0.5, 0.6) is 0 Å². The van der Waals surface area contributed by atoms with Crippen LogP contribution in [0.4, 0.5) is 0 Å². The lowest BCUT2D eigenvalue weighted by molar-refractivity contribution is -0.128. The Morgan fingerprint density at radius 3 is 2.80 bits per heavy atom. The maximum Gasteiger partial charge on any atom is 0.232 e. The summed E-state index contributed by atoms with van der Waals surface area (Å²) in [6.07, 6.45) is 0.763. The van der Waals surface area contributed by atoms with Gasteiger partial charge in [0.2, 0.25) is 5.91 Å². The van der Waals surface area contributed by atoms with Crippen LogP contribution in [0.1, 0.15) is 13.3 Å². The molecule has 0 spiro atoms. The lowest BCUT2D eigenvalue weighted by Gasteiger charge is -2.27. The van der Waals surface area contributed by atoms with Crippen LogP contribution in [0.3, 0.4) is 0 Å². The van der Waals surface area contributed by atoms with E-state index >= 15 is 0 Å². The Hall–Kier alpha value is -0.260. The Kier molecular flexibility index (Phi) is 6.05. The van der Waals surface area contributed by atoms with E-state index in [1.807, 2.05) is 11.8 Å². The van der Waals surface area contributed by atoms with Crippen molar-refractivity contribution < 1.29 is 9.90 Å². The van der Waals surface area contributed by atoms with Crippen LogP contribution < -0.4 is 5.32 Å². The van der Waals surface area contributed by atoms with Crippen molar-refractivity contribution in [3.63, 3.8) is 0 Å². The van der Waals surface area contributed by atoms with Crippen molar-refractivity contribution in [3.8, 4) is 0 Å². The number of piperazine rings is 1. The molecular weight excluding hydrogens is 212 g/mol. The van der Waals surface area contributed by atoms with Crippen molar-refractivity contribution in [1.29, 1.82) is 0 Å². The molecule has 0 aromatic carbocycles. The Morgan fingerprint density at radius 1 is 1.53 bits per heavy atom. The van der Waals surface area contributed by atoms with Crippen LogP contribution in [-0.4, -0.2) is 59.7 Å². The highest BCUT2D eigenvalue weighted by Gasteiger charge is 2.16. The number of aliphatic hydroxyl groups is 1. The minimum atomic E-state index is 0.204. The summed E-state index contributed by atoms with van der Waals surface area (Å²) in [4.78, 5) is 13.6. The van der Waals surface area contributed by atoms with Gasteiger partial charge in [0.25, 0.3) is 0 Å². The third-order valence-electron chi connectivity index (χ3n) is 2.50. The van der Waals surface area contributed by atoms with Gasteiger partial charge in [0.05, 0.1) is 5.75 Å². The van der Waals surface area contributed by atoms with E-state index in [9.17, 15) is 4.79 Å². The molecule has 0 saturated carbocycles. The molecule has 88 valence electrons. The second-order valence-electron chi connectivity index (χ2n) is 3.76. The second kappa shape index (κ2) is 7.09. The van der Waals surface area contributed by atoms with Crippen LogP contribution in [0, 0.1) is 0 Å². The molecule has 1 unspecified atom stereocenters. The van der Waals surface area contributed by atoms with E-state index < -0.39 is 0 Å². The minimum absolute atomic E-state index is 0.204. The van der Waals surface area contributed by atoms with E-state index in [-0.39, 0.29) is 12.5 Å². The smallest absolute Gasteiger partial charge is 0.232 e. The monoisotopic (exact) mass is 232 g/mol. The van der Waals surface area contributed by atoms with Crippen molar-refractivity contribution in [1.82, 2.24) is 10.2 Å². The summed E-state index contributed by atoms with van der Waals surface area (Å²) in [6, 6.07) is 0. The average molecular weight is 232 g/mol. The van der Waals surface area contributed by atoms with E-state index in [0.717, 1.165) is 32.6 Å². The first-order chi connectivity index (χ1) is 7.24. The number of carbonyl (C=O) groups excluding carboxylic acids is 1. The normalized spacial score (nSPS) is 18.9. The number of carbonyl (C=O) groups is 1. The standard InChI is InChI=1S/C10H20N2O2S/c1-9(2-7-13)15-8-10(14)12-5-3-11-4-6-12/h9,11,13H,2-8H2,1H3. The van der Waals surface area contributed by atoms with E-state index in [1.54, 1.807) is 11.8 Å². The Balaban J connectivity index is 2.16. The predicted octanol–water partition coefficient (Wildman–Crippen LogP) is -0.0777. The third kappa shape index (κ3) is 4.86. The third-order valence-corrected chi connectivity index (χ3v) is 3.72. The molecule has 2 N–H and O–H groups in total. The number of hydrogen-bond donors (Lipinski definition) is 2. The van der Waals surface area contributed by atoms with Crippen LogP contribution >= 0.6 is 11.8 Å². The van der Waals surface area contributed by atoms with E-state index in [4.69, 9.17) is 5.11 Å². The van der Waals surface area contributed by atoms with E-state index in [2.05, 4.69) is 5.32 Å². The van der Waals surface area contributed by atoms with Crippen molar-refractivity contribution in [3.05, 3.63) is 0 Å².